The first kappa shape index (κ1) is 11.4. The molecule has 1 aromatic carbocycles. The van der Waals surface area contributed by atoms with Crippen molar-refractivity contribution in [3.05, 3.63) is 23.3 Å². The Morgan fingerprint density at radius 1 is 1.33 bits per heavy atom. The lowest BCUT2D eigenvalue weighted by molar-refractivity contribution is 0.0695. The lowest BCUT2D eigenvalue weighted by atomic mass is 10.0. The minimum Gasteiger partial charge on any atom is -0.497 e. The molecule has 0 aliphatic carbocycles. The van der Waals surface area contributed by atoms with Crippen LogP contribution in [-0.2, 0) is 6.42 Å². The van der Waals surface area contributed by atoms with Crippen LogP contribution in [0.25, 0.3) is 0 Å². The van der Waals surface area contributed by atoms with Crippen LogP contribution in [0, 0.1) is 0 Å². The molecule has 0 heterocycles. The number of carboxylic acid groups (broad SMARTS) is 1. The number of rotatable bonds is 4. The topological polar surface area (TPSA) is 55.8 Å². The van der Waals surface area contributed by atoms with Crippen LogP contribution in [0.3, 0.4) is 0 Å². The number of hydrogen-bond acceptors (Lipinski definition) is 3. The molecule has 0 aromatic heterocycles. The number of benzene rings is 1. The fraction of sp³-hybridized carbons (Fsp3) is 0.364. The van der Waals surface area contributed by atoms with Crippen LogP contribution in [0.4, 0.5) is 0 Å². The molecule has 82 valence electrons. The zero-order chi connectivity index (χ0) is 11.4. The van der Waals surface area contributed by atoms with Crippen molar-refractivity contribution in [3.8, 4) is 11.5 Å². The molecule has 0 radical (unpaired) electrons. The number of methoxy groups -OCH3 is 2. The van der Waals surface area contributed by atoms with Gasteiger partial charge in [0.25, 0.3) is 0 Å². The van der Waals surface area contributed by atoms with Crippen LogP contribution < -0.4 is 9.47 Å². The van der Waals surface area contributed by atoms with Crippen molar-refractivity contribution in [3.63, 3.8) is 0 Å². The molecule has 0 aliphatic heterocycles. The summed E-state index contributed by atoms with van der Waals surface area (Å²) in [6.07, 6.45) is 0.606. The first-order valence-electron chi connectivity index (χ1n) is 4.62. The number of carboxylic acids is 1. The van der Waals surface area contributed by atoms with E-state index in [0.717, 1.165) is 0 Å². The van der Waals surface area contributed by atoms with Crippen molar-refractivity contribution in [1.29, 1.82) is 0 Å². The number of ether oxygens (including phenoxy) is 2. The van der Waals surface area contributed by atoms with Gasteiger partial charge in [0.05, 0.1) is 19.8 Å². The van der Waals surface area contributed by atoms with Gasteiger partial charge in [-0.2, -0.15) is 0 Å². The standard InChI is InChI=1S/C11H14O4/c1-4-8-9(11(12)13)5-7(14-2)6-10(8)15-3/h5-6H,4H2,1-3H3,(H,12,13). The highest BCUT2D eigenvalue weighted by Gasteiger charge is 2.15. The zero-order valence-corrected chi connectivity index (χ0v) is 9.03. The molecule has 0 amide bonds. The monoisotopic (exact) mass is 210 g/mol. The summed E-state index contributed by atoms with van der Waals surface area (Å²) < 4.78 is 10.1. The lowest BCUT2D eigenvalue weighted by Gasteiger charge is -2.12. The van der Waals surface area contributed by atoms with Crippen molar-refractivity contribution in [1.82, 2.24) is 0 Å². The van der Waals surface area contributed by atoms with Gasteiger partial charge in [-0.05, 0) is 12.5 Å². The van der Waals surface area contributed by atoms with Gasteiger partial charge in [-0.1, -0.05) is 6.92 Å². The second-order valence-corrected chi connectivity index (χ2v) is 3.01. The van der Waals surface area contributed by atoms with Crippen molar-refractivity contribution >= 4 is 5.97 Å². The van der Waals surface area contributed by atoms with Gasteiger partial charge in [0.1, 0.15) is 11.5 Å². The minimum atomic E-state index is -0.968. The van der Waals surface area contributed by atoms with E-state index < -0.39 is 5.97 Å². The summed E-state index contributed by atoms with van der Waals surface area (Å²) in [4.78, 5) is 11.0. The molecule has 0 saturated heterocycles. The highest BCUT2D eigenvalue weighted by Crippen LogP contribution is 2.29. The van der Waals surface area contributed by atoms with Gasteiger partial charge in [0, 0.05) is 11.6 Å². The van der Waals surface area contributed by atoms with Gasteiger partial charge < -0.3 is 14.6 Å². The molecule has 0 spiro atoms. The number of carbonyl (C=O) groups is 1. The van der Waals surface area contributed by atoms with Crippen molar-refractivity contribution < 1.29 is 19.4 Å². The van der Waals surface area contributed by atoms with Crippen LogP contribution in [0.2, 0.25) is 0 Å². The predicted octanol–water partition coefficient (Wildman–Crippen LogP) is 1.96. The van der Waals surface area contributed by atoms with Gasteiger partial charge in [-0.25, -0.2) is 4.79 Å². The molecule has 0 unspecified atom stereocenters. The van der Waals surface area contributed by atoms with Gasteiger partial charge in [0.15, 0.2) is 0 Å². The molecular formula is C11H14O4. The molecule has 0 bridgehead atoms. The van der Waals surface area contributed by atoms with Crippen molar-refractivity contribution in [2.75, 3.05) is 14.2 Å². The van der Waals surface area contributed by atoms with Crippen LogP contribution in [0.15, 0.2) is 12.1 Å². The molecular weight excluding hydrogens is 196 g/mol. The predicted molar refractivity (Wildman–Crippen MR) is 55.9 cm³/mol. The number of hydrogen-bond donors (Lipinski definition) is 1. The fourth-order valence-corrected chi connectivity index (χ4v) is 1.48. The van der Waals surface area contributed by atoms with Gasteiger partial charge >= 0.3 is 5.97 Å². The van der Waals surface area contributed by atoms with Crippen molar-refractivity contribution in [2.45, 2.75) is 13.3 Å². The van der Waals surface area contributed by atoms with Crippen LogP contribution in [-0.4, -0.2) is 25.3 Å². The average Bonchev–Trinajstić information content (AvgIpc) is 2.26. The first-order valence-corrected chi connectivity index (χ1v) is 4.62. The quantitative estimate of drug-likeness (QED) is 0.825. The van der Waals surface area contributed by atoms with E-state index in [1.165, 1.54) is 20.3 Å². The summed E-state index contributed by atoms with van der Waals surface area (Å²) in [7, 11) is 3.01. The maximum absolute atomic E-state index is 11.0. The molecule has 1 rings (SSSR count). The highest BCUT2D eigenvalue weighted by atomic mass is 16.5. The molecule has 4 heteroatoms. The van der Waals surface area contributed by atoms with E-state index in [4.69, 9.17) is 14.6 Å². The summed E-state index contributed by atoms with van der Waals surface area (Å²) in [5.41, 5.74) is 0.916. The fourth-order valence-electron chi connectivity index (χ4n) is 1.48. The summed E-state index contributed by atoms with van der Waals surface area (Å²) in [6, 6.07) is 3.19. The van der Waals surface area contributed by atoms with E-state index in [2.05, 4.69) is 0 Å². The Morgan fingerprint density at radius 2 is 2.00 bits per heavy atom. The Labute approximate surface area is 88.4 Å². The SMILES string of the molecule is CCc1c(OC)cc(OC)cc1C(=O)O. The van der Waals surface area contributed by atoms with Crippen molar-refractivity contribution in [2.24, 2.45) is 0 Å². The molecule has 0 aliphatic rings. The third kappa shape index (κ3) is 2.21. The molecule has 0 saturated carbocycles. The van der Waals surface area contributed by atoms with E-state index in [1.54, 1.807) is 6.07 Å². The zero-order valence-electron chi connectivity index (χ0n) is 9.03. The summed E-state index contributed by atoms with van der Waals surface area (Å²) in [5, 5.41) is 9.03. The molecule has 15 heavy (non-hydrogen) atoms. The number of aromatic carboxylic acids is 1. The molecule has 0 fully saturated rings. The van der Waals surface area contributed by atoms with Gasteiger partial charge in [-0.3, -0.25) is 0 Å². The summed E-state index contributed by atoms with van der Waals surface area (Å²) in [5.74, 6) is 0.0692. The molecule has 4 nitrogen and oxygen atoms in total. The maximum Gasteiger partial charge on any atom is 0.336 e. The summed E-state index contributed by atoms with van der Waals surface area (Å²) >= 11 is 0. The van der Waals surface area contributed by atoms with E-state index in [1.807, 2.05) is 6.92 Å². The Bertz CT molecular complexity index is 371. The van der Waals surface area contributed by atoms with Gasteiger partial charge in [-0.15, -0.1) is 0 Å². The minimum absolute atomic E-state index is 0.230. The Balaban J connectivity index is 3.39. The average molecular weight is 210 g/mol. The summed E-state index contributed by atoms with van der Waals surface area (Å²) in [6.45, 7) is 1.89. The normalized spacial score (nSPS) is 9.80. The van der Waals surface area contributed by atoms with Crippen LogP contribution in [0.1, 0.15) is 22.8 Å². The van der Waals surface area contributed by atoms with E-state index in [0.29, 0.717) is 23.5 Å². The first-order chi connectivity index (χ1) is 7.13. The Hall–Kier alpha value is -1.71. The Kier molecular flexibility index (Phi) is 3.55. The third-order valence-electron chi connectivity index (χ3n) is 2.22. The Morgan fingerprint density at radius 3 is 2.40 bits per heavy atom. The molecule has 1 N–H and O–H groups in total. The lowest BCUT2D eigenvalue weighted by Crippen LogP contribution is -2.04. The molecule has 1 aromatic rings. The van der Waals surface area contributed by atoms with Crippen LogP contribution >= 0.6 is 0 Å². The van der Waals surface area contributed by atoms with E-state index in [9.17, 15) is 4.79 Å². The highest BCUT2D eigenvalue weighted by molar-refractivity contribution is 5.91. The van der Waals surface area contributed by atoms with E-state index >= 15 is 0 Å². The van der Waals surface area contributed by atoms with Crippen LogP contribution in [0.5, 0.6) is 11.5 Å². The maximum atomic E-state index is 11.0. The largest absolute Gasteiger partial charge is 0.497 e. The third-order valence-corrected chi connectivity index (χ3v) is 2.22. The second-order valence-electron chi connectivity index (χ2n) is 3.01. The van der Waals surface area contributed by atoms with E-state index in [-0.39, 0.29) is 5.56 Å². The van der Waals surface area contributed by atoms with Gasteiger partial charge in [0.2, 0.25) is 0 Å². The smallest absolute Gasteiger partial charge is 0.336 e. The second kappa shape index (κ2) is 4.68. The molecule has 0 atom stereocenters.